The minimum Gasteiger partial charge on any atom is -0.465 e. The molecule has 0 N–H and O–H groups in total. The highest BCUT2D eigenvalue weighted by Gasteiger charge is 2.30. The Balaban J connectivity index is 2.59. The van der Waals surface area contributed by atoms with E-state index in [-0.39, 0.29) is 32.3 Å². The SMILES string of the molecule is CCOC(=O)CN(c1cc(Cl)c(Cl)cc1Cl)S(=O)(=O)c1ccc(Cl)cc1. The van der Waals surface area contributed by atoms with Crippen molar-refractivity contribution in [1.29, 1.82) is 0 Å². The monoisotopic (exact) mass is 455 g/mol. The van der Waals surface area contributed by atoms with Crippen molar-refractivity contribution in [1.82, 2.24) is 0 Å². The first-order valence-corrected chi connectivity index (χ1v) is 10.2. The quantitative estimate of drug-likeness (QED) is 0.450. The van der Waals surface area contributed by atoms with Gasteiger partial charge in [-0.05, 0) is 43.3 Å². The Bertz CT molecular complexity index is 917. The minimum absolute atomic E-state index is 0.00377. The van der Waals surface area contributed by atoms with E-state index >= 15 is 0 Å². The van der Waals surface area contributed by atoms with Crippen LogP contribution in [0, 0.1) is 0 Å². The van der Waals surface area contributed by atoms with Gasteiger partial charge in [-0.25, -0.2) is 8.42 Å². The molecule has 0 spiro atoms. The third-order valence-corrected chi connectivity index (χ3v) is 6.29. The number of anilines is 1. The van der Waals surface area contributed by atoms with E-state index in [1.807, 2.05) is 0 Å². The van der Waals surface area contributed by atoms with Crippen molar-refractivity contribution in [2.75, 3.05) is 17.5 Å². The van der Waals surface area contributed by atoms with Crippen LogP contribution in [-0.4, -0.2) is 27.5 Å². The van der Waals surface area contributed by atoms with E-state index in [4.69, 9.17) is 51.1 Å². The molecule has 0 fully saturated rings. The molecule has 0 saturated carbocycles. The molecule has 26 heavy (non-hydrogen) atoms. The number of carbonyl (C=O) groups excluding carboxylic acids is 1. The fraction of sp³-hybridized carbons (Fsp3) is 0.188. The standard InChI is InChI=1S/C16H13Cl4NO4S/c1-2-25-16(22)9-21(15-8-13(19)12(18)7-14(15)20)26(23,24)11-5-3-10(17)4-6-11/h3-8H,2,9H2,1H3. The maximum Gasteiger partial charge on any atom is 0.326 e. The Morgan fingerprint density at radius 2 is 1.58 bits per heavy atom. The van der Waals surface area contributed by atoms with E-state index < -0.39 is 22.5 Å². The Kier molecular flexibility index (Phi) is 7.05. The van der Waals surface area contributed by atoms with Gasteiger partial charge in [0.15, 0.2) is 0 Å². The van der Waals surface area contributed by atoms with Crippen molar-refractivity contribution in [2.24, 2.45) is 0 Å². The number of hydrogen-bond donors (Lipinski definition) is 0. The second-order valence-corrected chi connectivity index (χ2v) is 8.51. The predicted octanol–water partition coefficient (Wildman–Crippen LogP) is 5.06. The van der Waals surface area contributed by atoms with Crippen molar-refractivity contribution in [3.63, 3.8) is 0 Å². The zero-order chi connectivity index (χ0) is 19.5. The van der Waals surface area contributed by atoms with E-state index in [0.29, 0.717) is 5.02 Å². The fourth-order valence-electron chi connectivity index (χ4n) is 2.06. The molecule has 0 aliphatic rings. The summed E-state index contributed by atoms with van der Waals surface area (Å²) in [6.45, 7) is 1.13. The van der Waals surface area contributed by atoms with Crippen molar-refractivity contribution >= 4 is 68.1 Å². The zero-order valence-electron chi connectivity index (χ0n) is 13.4. The Morgan fingerprint density at radius 1 is 1.00 bits per heavy atom. The Hall–Kier alpha value is -1.18. The molecular formula is C16H13Cl4NO4S. The van der Waals surface area contributed by atoms with Gasteiger partial charge in [0.1, 0.15) is 6.54 Å². The van der Waals surface area contributed by atoms with Crippen LogP contribution >= 0.6 is 46.4 Å². The van der Waals surface area contributed by atoms with E-state index in [0.717, 1.165) is 4.31 Å². The highest BCUT2D eigenvalue weighted by Crippen LogP contribution is 2.37. The van der Waals surface area contributed by atoms with Gasteiger partial charge < -0.3 is 4.74 Å². The summed E-state index contributed by atoms with van der Waals surface area (Å²) in [6, 6.07) is 8.07. The molecule has 2 aromatic carbocycles. The third-order valence-electron chi connectivity index (χ3n) is 3.24. The van der Waals surface area contributed by atoms with Crippen LogP contribution < -0.4 is 4.31 Å². The minimum atomic E-state index is -4.15. The fourth-order valence-corrected chi connectivity index (χ4v) is 4.30. The number of halogens is 4. The van der Waals surface area contributed by atoms with Crippen LogP contribution in [0.4, 0.5) is 5.69 Å². The van der Waals surface area contributed by atoms with Crippen LogP contribution in [0.5, 0.6) is 0 Å². The molecule has 140 valence electrons. The van der Waals surface area contributed by atoms with Crippen LogP contribution in [-0.2, 0) is 19.6 Å². The number of hydrogen-bond acceptors (Lipinski definition) is 4. The molecule has 0 saturated heterocycles. The van der Waals surface area contributed by atoms with Crippen LogP contribution in [0.3, 0.4) is 0 Å². The van der Waals surface area contributed by atoms with E-state index in [1.54, 1.807) is 6.92 Å². The van der Waals surface area contributed by atoms with Crippen LogP contribution in [0.25, 0.3) is 0 Å². The smallest absolute Gasteiger partial charge is 0.326 e. The zero-order valence-corrected chi connectivity index (χ0v) is 17.2. The van der Waals surface area contributed by atoms with Gasteiger partial charge in [-0.1, -0.05) is 46.4 Å². The molecule has 0 unspecified atom stereocenters. The van der Waals surface area contributed by atoms with Gasteiger partial charge in [-0.15, -0.1) is 0 Å². The number of rotatable bonds is 6. The first-order valence-electron chi connectivity index (χ1n) is 7.25. The normalized spacial score (nSPS) is 11.3. The summed E-state index contributed by atoms with van der Waals surface area (Å²) in [4.78, 5) is 11.9. The summed E-state index contributed by atoms with van der Waals surface area (Å²) in [5.74, 6) is -0.743. The van der Waals surface area contributed by atoms with Crippen LogP contribution in [0.1, 0.15) is 6.92 Å². The topological polar surface area (TPSA) is 63.7 Å². The molecule has 0 bridgehead atoms. The molecule has 0 atom stereocenters. The number of nitrogens with zero attached hydrogens (tertiary/aromatic N) is 1. The predicted molar refractivity (Wildman–Crippen MR) is 104 cm³/mol. The molecule has 0 heterocycles. The summed E-state index contributed by atoms with van der Waals surface area (Å²) in [5, 5.41) is 0.626. The van der Waals surface area contributed by atoms with Gasteiger partial charge >= 0.3 is 5.97 Å². The highest BCUT2D eigenvalue weighted by atomic mass is 35.5. The van der Waals surface area contributed by atoms with E-state index in [9.17, 15) is 13.2 Å². The molecule has 0 aliphatic heterocycles. The first kappa shape index (κ1) is 21.1. The molecule has 10 heteroatoms. The van der Waals surface area contributed by atoms with Gasteiger partial charge in [0.25, 0.3) is 10.0 Å². The number of sulfonamides is 1. The second kappa shape index (κ2) is 8.67. The van der Waals surface area contributed by atoms with Crippen LogP contribution in [0.15, 0.2) is 41.3 Å². The number of ether oxygens (including phenoxy) is 1. The van der Waals surface area contributed by atoms with Gasteiger partial charge in [-0.3, -0.25) is 9.10 Å². The Labute approximate surface area is 171 Å². The van der Waals surface area contributed by atoms with Crippen molar-refractivity contribution in [3.8, 4) is 0 Å². The molecule has 5 nitrogen and oxygen atoms in total. The number of esters is 1. The Morgan fingerprint density at radius 3 is 2.15 bits per heavy atom. The lowest BCUT2D eigenvalue weighted by Gasteiger charge is -2.25. The van der Waals surface area contributed by atoms with Crippen molar-refractivity contribution in [3.05, 3.63) is 56.5 Å². The third kappa shape index (κ3) is 4.75. The largest absolute Gasteiger partial charge is 0.465 e. The lowest BCUT2D eigenvalue weighted by Crippen LogP contribution is -2.36. The average Bonchev–Trinajstić information content (AvgIpc) is 2.57. The average molecular weight is 457 g/mol. The summed E-state index contributed by atoms with van der Waals surface area (Å²) in [5.41, 5.74) is 0.00377. The highest BCUT2D eigenvalue weighted by molar-refractivity contribution is 7.92. The molecule has 2 aromatic rings. The maximum absolute atomic E-state index is 13.1. The molecule has 0 radical (unpaired) electrons. The van der Waals surface area contributed by atoms with Crippen molar-refractivity contribution < 1.29 is 17.9 Å². The lowest BCUT2D eigenvalue weighted by molar-refractivity contribution is -0.141. The summed E-state index contributed by atoms with van der Waals surface area (Å²) >= 11 is 23.9. The second-order valence-electron chi connectivity index (χ2n) is 4.99. The van der Waals surface area contributed by atoms with Gasteiger partial charge in [0.05, 0.1) is 32.3 Å². The molecular weight excluding hydrogens is 444 g/mol. The van der Waals surface area contributed by atoms with E-state index in [2.05, 4.69) is 0 Å². The molecule has 0 aromatic heterocycles. The first-order chi connectivity index (χ1) is 12.2. The van der Waals surface area contributed by atoms with Gasteiger partial charge in [0.2, 0.25) is 0 Å². The maximum atomic E-state index is 13.1. The summed E-state index contributed by atoms with van der Waals surface area (Å²) in [7, 11) is -4.15. The number of benzene rings is 2. The van der Waals surface area contributed by atoms with Gasteiger partial charge in [0, 0.05) is 5.02 Å². The molecule has 0 amide bonds. The van der Waals surface area contributed by atoms with Crippen molar-refractivity contribution in [2.45, 2.75) is 11.8 Å². The molecule has 2 rings (SSSR count). The molecule has 0 aliphatic carbocycles. The summed E-state index contributed by atoms with van der Waals surface area (Å²) in [6.07, 6.45) is 0. The lowest BCUT2D eigenvalue weighted by atomic mass is 10.3. The van der Waals surface area contributed by atoms with E-state index in [1.165, 1.54) is 36.4 Å². The number of carbonyl (C=O) groups is 1. The summed E-state index contributed by atoms with van der Waals surface area (Å²) < 4.78 is 31.8. The van der Waals surface area contributed by atoms with Gasteiger partial charge in [-0.2, -0.15) is 0 Å². The van der Waals surface area contributed by atoms with Crippen LogP contribution in [0.2, 0.25) is 20.1 Å².